The summed E-state index contributed by atoms with van der Waals surface area (Å²) < 4.78 is 37.0. The maximum atomic E-state index is 12.3. The summed E-state index contributed by atoms with van der Waals surface area (Å²) in [4.78, 5) is 0. The van der Waals surface area contributed by atoms with Crippen molar-refractivity contribution in [3.63, 3.8) is 0 Å². The van der Waals surface area contributed by atoms with Crippen LogP contribution >= 0.6 is 27.5 Å². The number of alkyl halides is 3. The molecule has 2 N–H and O–H groups in total. The minimum Gasteiger partial charge on any atom is -0.316 e. The highest BCUT2D eigenvalue weighted by atomic mass is 79.9. The van der Waals surface area contributed by atoms with Gasteiger partial charge in [-0.15, -0.1) is 0 Å². The summed E-state index contributed by atoms with van der Waals surface area (Å²) in [5.41, 5.74) is 4.96. The number of hydrogen-bond acceptors (Lipinski definition) is 1. The predicted octanol–water partition coefficient (Wildman–Crippen LogP) is 3.66. The molecule has 78 valence electrons. The third-order valence-corrected chi connectivity index (χ3v) is 3.10. The Hall–Kier alpha value is -0.260. The molecule has 1 nitrogen and oxygen atoms in total. The zero-order valence-electron chi connectivity index (χ0n) is 6.78. The average molecular weight is 288 g/mol. The van der Waals surface area contributed by atoms with E-state index < -0.39 is 12.2 Å². The summed E-state index contributed by atoms with van der Waals surface area (Å²) in [6.07, 6.45) is -4.47. The van der Waals surface area contributed by atoms with Crippen LogP contribution in [0.15, 0.2) is 22.7 Å². The molecule has 1 aromatic rings. The maximum Gasteiger partial charge on any atom is 0.407 e. The maximum absolute atomic E-state index is 12.3. The van der Waals surface area contributed by atoms with Crippen LogP contribution in [0.5, 0.6) is 0 Å². The second-order valence-corrected chi connectivity index (χ2v) is 3.86. The van der Waals surface area contributed by atoms with Gasteiger partial charge in [0.1, 0.15) is 6.04 Å². The molecule has 0 bridgehead atoms. The predicted molar refractivity (Wildman–Crippen MR) is 52.1 cm³/mol. The molecule has 1 atom stereocenters. The molecular formula is C8H6BrClF3N. The lowest BCUT2D eigenvalue weighted by Crippen LogP contribution is -2.28. The van der Waals surface area contributed by atoms with Crippen molar-refractivity contribution in [2.45, 2.75) is 12.2 Å². The second-order valence-electron chi connectivity index (χ2n) is 2.66. The van der Waals surface area contributed by atoms with Gasteiger partial charge in [0.05, 0.1) is 5.02 Å². The van der Waals surface area contributed by atoms with Gasteiger partial charge < -0.3 is 5.73 Å². The van der Waals surface area contributed by atoms with E-state index >= 15 is 0 Å². The molecule has 0 aliphatic rings. The van der Waals surface area contributed by atoms with E-state index in [0.717, 1.165) is 0 Å². The van der Waals surface area contributed by atoms with E-state index in [1.165, 1.54) is 18.2 Å². The van der Waals surface area contributed by atoms with Crippen LogP contribution in [0, 0.1) is 0 Å². The van der Waals surface area contributed by atoms with Gasteiger partial charge in [-0.3, -0.25) is 0 Å². The van der Waals surface area contributed by atoms with Crippen LogP contribution < -0.4 is 5.73 Å². The number of halogens is 5. The first-order valence-electron chi connectivity index (χ1n) is 3.60. The summed E-state index contributed by atoms with van der Waals surface area (Å²) in [5, 5.41) is 0.210. The Morgan fingerprint density at radius 3 is 2.43 bits per heavy atom. The van der Waals surface area contributed by atoms with Gasteiger partial charge in [0, 0.05) is 4.47 Å². The number of benzene rings is 1. The largest absolute Gasteiger partial charge is 0.407 e. The molecule has 0 radical (unpaired) electrons. The van der Waals surface area contributed by atoms with Gasteiger partial charge in [0.2, 0.25) is 0 Å². The van der Waals surface area contributed by atoms with Crippen LogP contribution in [0.4, 0.5) is 13.2 Å². The summed E-state index contributed by atoms with van der Waals surface area (Å²) in [5.74, 6) is 0. The first-order chi connectivity index (χ1) is 6.34. The van der Waals surface area contributed by atoms with Crippen LogP contribution in [-0.4, -0.2) is 6.18 Å². The Balaban J connectivity index is 3.14. The lowest BCUT2D eigenvalue weighted by Gasteiger charge is -2.17. The normalized spacial score (nSPS) is 14.1. The highest BCUT2D eigenvalue weighted by molar-refractivity contribution is 9.10. The molecule has 0 fully saturated rings. The molecule has 0 saturated heterocycles. The summed E-state index contributed by atoms with van der Waals surface area (Å²) in [6, 6.07) is 2.18. The van der Waals surface area contributed by atoms with Crippen LogP contribution in [0.1, 0.15) is 11.6 Å². The van der Waals surface area contributed by atoms with E-state index in [1.54, 1.807) is 0 Å². The minimum atomic E-state index is -4.47. The first-order valence-corrected chi connectivity index (χ1v) is 4.77. The Kier molecular flexibility index (Phi) is 3.44. The highest BCUT2D eigenvalue weighted by Crippen LogP contribution is 2.36. The van der Waals surface area contributed by atoms with Crippen molar-refractivity contribution < 1.29 is 13.2 Å². The molecule has 6 heteroatoms. The molecule has 0 spiro atoms. The van der Waals surface area contributed by atoms with Crippen molar-refractivity contribution in [2.75, 3.05) is 0 Å². The van der Waals surface area contributed by atoms with Gasteiger partial charge in [-0.05, 0) is 27.6 Å². The Morgan fingerprint density at radius 1 is 1.36 bits per heavy atom. The molecule has 1 aromatic carbocycles. The Morgan fingerprint density at radius 2 is 1.93 bits per heavy atom. The summed E-state index contributed by atoms with van der Waals surface area (Å²) in [6.45, 7) is 0. The van der Waals surface area contributed by atoms with E-state index in [1.807, 2.05) is 0 Å². The molecule has 0 saturated carbocycles. The lowest BCUT2D eigenvalue weighted by molar-refractivity contribution is -0.149. The quantitative estimate of drug-likeness (QED) is 0.838. The second kappa shape index (κ2) is 4.08. The zero-order valence-corrected chi connectivity index (χ0v) is 9.12. The molecule has 1 rings (SSSR count). The zero-order chi connectivity index (χ0) is 10.9. The van der Waals surface area contributed by atoms with Gasteiger partial charge in [-0.1, -0.05) is 23.7 Å². The summed E-state index contributed by atoms with van der Waals surface area (Å²) in [7, 11) is 0. The van der Waals surface area contributed by atoms with Crippen molar-refractivity contribution in [3.8, 4) is 0 Å². The molecule has 1 unspecified atom stereocenters. The van der Waals surface area contributed by atoms with Crippen LogP contribution in [-0.2, 0) is 0 Å². The number of rotatable bonds is 1. The Bertz CT molecular complexity index is 340. The van der Waals surface area contributed by atoms with E-state index in [4.69, 9.17) is 17.3 Å². The first kappa shape index (κ1) is 11.8. The molecular weight excluding hydrogens is 282 g/mol. The number of nitrogens with two attached hydrogens (primary N) is 1. The molecule has 0 aliphatic heterocycles. The van der Waals surface area contributed by atoms with Crippen LogP contribution in [0.25, 0.3) is 0 Å². The molecule has 0 aliphatic carbocycles. The van der Waals surface area contributed by atoms with Crippen molar-refractivity contribution >= 4 is 27.5 Å². The fourth-order valence-electron chi connectivity index (χ4n) is 0.937. The number of hydrogen-bond donors (Lipinski definition) is 1. The van der Waals surface area contributed by atoms with E-state index in [-0.39, 0.29) is 15.1 Å². The van der Waals surface area contributed by atoms with Crippen molar-refractivity contribution in [2.24, 2.45) is 5.73 Å². The highest BCUT2D eigenvalue weighted by Gasteiger charge is 2.38. The van der Waals surface area contributed by atoms with E-state index in [0.29, 0.717) is 0 Å². The van der Waals surface area contributed by atoms with Crippen LogP contribution in [0.2, 0.25) is 5.02 Å². The summed E-state index contributed by atoms with van der Waals surface area (Å²) >= 11 is 8.60. The SMILES string of the molecule is NC(c1cccc(Cl)c1Br)C(F)(F)F. The lowest BCUT2D eigenvalue weighted by atomic mass is 10.1. The smallest absolute Gasteiger partial charge is 0.316 e. The topological polar surface area (TPSA) is 26.0 Å². The molecule has 0 amide bonds. The van der Waals surface area contributed by atoms with E-state index in [2.05, 4.69) is 15.9 Å². The Labute approximate surface area is 92.2 Å². The van der Waals surface area contributed by atoms with E-state index in [9.17, 15) is 13.2 Å². The van der Waals surface area contributed by atoms with Gasteiger partial charge in [0.15, 0.2) is 0 Å². The van der Waals surface area contributed by atoms with Gasteiger partial charge in [-0.25, -0.2) is 0 Å². The minimum absolute atomic E-state index is 0.0648. The monoisotopic (exact) mass is 287 g/mol. The van der Waals surface area contributed by atoms with Crippen LogP contribution in [0.3, 0.4) is 0 Å². The standard InChI is InChI=1S/C8H6BrClF3N/c9-6-4(2-1-3-5(6)10)7(14)8(11,12)13/h1-3,7H,14H2. The van der Waals surface area contributed by atoms with Gasteiger partial charge in [0.25, 0.3) is 0 Å². The van der Waals surface area contributed by atoms with Crippen molar-refractivity contribution in [1.29, 1.82) is 0 Å². The fraction of sp³-hybridized carbons (Fsp3) is 0.250. The molecule has 0 aromatic heterocycles. The van der Waals surface area contributed by atoms with Crippen molar-refractivity contribution in [3.05, 3.63) is 33.3 Å². The van der Waals surface area contributed by atoms with Gasteiger partial charge in [-0.2, -0.15) is 13.2 Å². The van der Waals surface area contributed by atoms with Gasteiger partial charge >= 0.3 is 6.18 Å². The molecule has 0 heterocycles. The third-order valence-electron chi connectivity index (χ3n) is 1.67. The fourth-order valence-corrected chi connectivity index (χ4v) is 1.63. The average Bonchev–Trinajstić information content (AvgIpc) is 2.07. The van der Waals surface area contributed by atoms with Crippen molar-refractivity contribution in [1.82, 2.24) is 0 Å². The molecule has 14 heavy (non-hydrogen) atoms. The third kappa shape index (κ3) is 2.40.